The molecule has 0 radical (unpaired) electrons. The van der Waals surface area contributed by atoms with Crippen LogP contribution in [0.5, 0.6) is 0 Å². The summed E-state index contributed by atoms with van der Waals surface area (Å²) in [5.74, 6) is 1.62. The van der Waals surface area contributed by atoms with E-state index < -0.39 is 0 Å². The van der Waals surface area contributed by atoms with Crippen LogP contribution in [0.25, 0.3) is 0 Å². The molecule has 0 bridgehead atoms. The van der Waals surface area contributed by atoms with Crippen molar-refractivity contribution in [2.75, 3.05) is 60.6 Å². The van der Waals surface area contributed by atoms with Crippen LogP contribution in [0.2, 0.25) is 0 Å². The van der Waals surface area contributed by atoms with Crippen LogP contribution in [0, 0.1) is 5.92 Å². The summed E-state index contributed by atoms with van der Waals surface area (Å²) >= 11 is 0. The predicted molar refractivity (Wildman–Crippen MR) is 141 cm³/mol. The fourth-order valence-corrected chi connectivity index (χ4v) is 5.09. The highest BCUT2D eigenvalue weighted by Crippen LogP contribution is 2.34. The van der Waals surface area contributed by atoms with Crippen molar-refractivity contribution in [3.05, 3.63) is 72.1 Å². The Kier molecular flexibility index (Phi) is 6.81. The molecule has 1 unspecified atom stereocenters. The predicted octanol–water partition coefficient (Wildman–Crippen LogP) is 3.35. The second-order valence-corrected chi connectivity index (χ2v) is 9.54. The molecule has 5 rings (SSSR count). The highest BCUT2D eigenvalue weighted by molar-refractivity contribution is 6.05. The maximum absolute atomic E-state index is 12.5. The smallest absolute Gasteiger partial charge is 0.258 e. The molecule has 2 aliphatic heterocycles. The van der Waals surface area contributed by atoms with Gasteiger partial charge in [-0.25, -0.2) is 9.97 Å². The van der Waals surface area contributed by atoms with Crippen LogP contribution >= 0.6 is 0 Å². The summed E-state index contributed by atoms with van der Waals surface area (Å²) in [4.78, 5) is 26.0. The third-order valence-electron chi connectivity index (χ3n) is 7.11. The van der Waals surface area contributed by atoms with Crippen LogP contribution in [0.1, 0.15) is 34.7 Å². The number of fused-ring (bicyclic) bond motifs is 1. The van der Waals surface area contributed by atoms with Crippen molar-refractivity contribution in [2.45, 2.75) is 18.8 Å². The normalized spacial score (nSPS) is 17.9. The molecule has 1 aromatic heterocycles. The van der Waals surface area contributed by atoms with Gasteiger partial charge in [-0.05, 0) is 49.1 Å². The number of nitrogens with one attached hydrogen (secondary N) is 2. The van der Waals surface area contributed by atoms with Gasteiger partial charge in [0, 0.05) is 57.2 Å². The Balaban J connectivity index is 1.07. The lowest BCUT2D eigenvalue weighted by Crippen LogP contribution is -2.39. The minimum Gasteiger partial charge on any atom is -0.397 e. The van der Waals surface area contributed by atoms with Crippen LogP contribution in [0.15, 0.2) is 60.9 Å². The van der Waals surface area contributed by atoms with Crippen LogP contribution in [0.4, 0.5) is 23.0 Å². The van der Waals surface area contributed by atoms with Gasteiger partial charge in [0.2, 0.25) is 5.95 Å². The second kappa shape index (κ2) is 10.3. The minimum atomic E-state index is -0.268. The van der Waals surface area contributed by atoms with Crippen molar-refractivity contribution >= 4 is 28.9 Å². The number of piperidine rings is 1. The maximum atomic E-state index is 12.5. The Morgan fingerprint density at radius 3 is 2.51 bits per heavy atom. The van der Waals surface area contributed by atoms with Gasteiger partial charge in [-0.1, -0.05) is 30.3 Å². The van der Waals surface area contributed by atoms with Gasteiger partial charge in [0.15, 0.2) is 0 Å². The van der Waals surface area contributed by atoms with E-state index in [1.807, 2.05) is 12.1 Å². The zero-order chi connectivity index (χ0) is 24.2. The number of nitrogen functional groups attached to an aromatic ring is 1. The number of likely N-dealkylation sites (N-methyl/N-ethyl adjacent to an activating group) is 1. The van der Waals surface area contributed by atoms with E-state index in [4.69, 9.17) is 5.73 Å². The van der Waals surface area contributed by atoms with E-state index >= 15 is 0 Å². The second-order valence-electron chi connectivity index (χ2n) is 9.54. The Labute approximate surface area is 206 Å². The van der Waals surface area contributed by atoms with Crippen molar-refractivity contribution < 1.29 is 4.79 Å². The Morgan fingerprint density at radius 1 is 1.03 bits per heavy atom. The molecule has 0 spiro atoms. The fraction of sp³-hybridized carbons (Fsp3) is 0.370. The Morgan fingerprint density at radius 2 is 1.74 bits per heavy atom. The summed E-state index contributed by atoms with van der Waals surface area (Å²) in [5, 5.41) is 6.54. The van der Waals surface area contributed by atoms with E-state index in [-0.39, 0.29) is 5.91 Å². The van der Waals surface area contributed by atoms with Crippen LogP contribution in [-0.4, -0.2) is 55.6 Å². The molecule has 35 heavy (non-hydrogen) atoms. The van der Waals surface area contributed by atoms with Gasteiger partial charge >= 0.3 is 0 Å². The van der Waals surface area contributed by atoms with Crippen molar-refractivity contribution in [2.24, 2.45) is 5.92 Å². The first kappa shape index (κ1) is 23.1. The first-order valence-corrected chi connectivity index (χ1v) is 12.3. The maximum Gasteiger partial charge on any atom is 0.258 e. The van der Waals surface area contributed by atoms with Gasteiger partial charge in [-0.15, -0.1) is 0 Å². The molecule has 1 amide bonds. The largest absolute Gasteiger partial charge is 0.397 e. The average molecular weight is 472 g/mol. The lowest BCUT2D eigenvalue weighted by molar-refractivity contribution is 0.102. The third kappa shape index (κ3) is 5.22. The summed E-state index contributed by atoms with van der Waals surface area (Å²) < 4.78 is 0. The molecule has 2 aromatic carbocycles. The Hall–Kier alpha value is -3.65. The molecular formula is C27H33N7O. The Bertz CT molecular complexity index is 1160. The number of nitrogens with zero attached hydrogens (tertiary/aromatic N) is 4. The van der Waals surface area contributed by atoms with Crippen LogP contribution in [-0.2, 0) is 0 Å². The highest BCUT2D eigenvalue weighted by Gasteiger charge is 2.26. The topological polar surface area (TPSA) is 99.4 Å². The van der Waals surface area contributed by atoms with E-state index in [1.54, 1.807) is 24.5 Å². The summed E-state index contributed by atoms with van der Waals surface area (Å²) in [5.41, 5.74) is 10.2. The molecule has 8 nitrogen and oxygen atoms in total. The number of anilines is 4. The van der Waals surface area contributed by atoms with E-state index in [0.29, 0.717) is 34.7 Å². The molecule has 1 saturated heterocycles. The van der Waals surface area contributed by atoms with Crippen LogP contribution < -0.4 is 26.2 Å². The number of hydrogen-bond donors (Lipinski definition) is 3. The van der Waals surface area contributed by atoms with Gasteiger partial charge < -0.3 is 26.2 Å². The van der Waals surface area contributed by atoms with Gasteiger partial charge in [-0.3, -0.25) is 4.79 Å². The molecule has 2 aliphatic rings. The van der Waals surface area contributed by atoms with E-state index in [9.17, 15) is 4.79 Å². The third-order valence-corrected chi connectivity index (χ3v) is 7.11. The summed E-state index contributed by atoms with van der Waals surface area (Å²) in [6, 6.07) is 15.9. The standard InChI is InChI=1S/C27H33N7O/c1-33-18-21(22-6-2-5-9-25(22)33)15-29-14-19-10-12-34(13-11-19)27-30-16-20(17-31-27)26(35)32-24-8-4-3-7-23(24)28/h2-9,16-17,19,21,29H,10-15,18,28H2,1H3,(H,32,35). The van der Waals surface area contributed by atoms with E-state index in [2.05, 4.69) is 61.7 Å². The highest BCUT2D eigenvalue weighted by atomic mass is 16.1. The first-order valence-electron chi connectivity index (χ1n) is 12.3. The lowest BCUT2D eigenvalue weighted by atomic mass is 9.96. The van der Waals surface area contributed by atoms with Crippen LogP contribution in [0.3, 0.4) is 0 Å². The van der Waals surface area contributed by atoms with Crippen molar-refractivity contribution in [3.63, 3.8) is 0 Å². The molecule has 3 aromatic rings. The van der Waals surface area contributed by atoms with Gasteiger partial charge in [-0.2, -0.15) is 0 Å². The number of hydrogen-bond acceptors (Lipinski definition) is 7. The monoisotopic (exact) mass is 471 g/mol. The number of benzene rings is 2. The molecule has 1 atom stereocenters. The summed E-state index contributed by atoms with van der Waals surface area (Å²) in [7, 11) is 2.18. The SMILES string of the molecule is CN1CC(CNCC2CCN(c3ncc(C(=O)Nc4ccccc4N)cn3)CC2)c2ccccc21. The molecular weight excluding hydrogens is 438 g/mol. The molecule has 3 heterocycles. The zero-order valence-electron chi connectivity index (χ0n) is 20.2. The minimum absolute atomic E-state index is 0.268. The fourth-order valence-electron chi connectivity index (χ4n) is 5.09. The number of nitrogens with two attached hydrogens (primary N) is 1. The molecule has 1 fully saturated rings. The number of rotatable bonds is 7. The van der Waals surface area contributed by atoms with Gasteiger partial charge in [0.05, 0.1) is 16.9 Å². The number of carbonyl (C=O) groups is 1. The van der Waals surface area contributed by atoms with E-state index in [0.717, 1.165) is 45.6 Å². The van der Waals surface area contributed by atoms with Crippen molar-refractivity contribution in [1.82, 2.24) is 15.3 Å². The van der Waals surface area contributed by atoms with Crippen molar-refractivity contribution in [1.29, 1.82) is 0 Å². The average Bonchev–Trinajstić information content (AvgIpc) is 3.21. The van der Waals surface area contributed by atoms with E-state index in [1.165, 1.54) is 11.3 Å². The molecule has 182 valence electrons. The molecule has 4 N–H and O–H groups in total. The number of amides is 1. The summed E-state index contributed by atoms with van der Waals surface area (Å²) in [6.45, 7) is 4.98. The number of para-hydroxylation sites is 3. The van der Waals surface area contributed by atoms with Crippen molar-refractivity contribution in [3.8, 4) is 0 Å². The lowest BCUT2D eigenvalue weighted by Gasteiger charge is -2.32. The van der Waals surface area contributed by atoms with Gasteiger partial charge in [0.1, 0.15) is 0 Å². The number of aromatic nitrogens is 2. The molecule has 0 aliphatic carbocycles. The molecule has 8 heteroatoms. The summed E-state index contributed by atoms with van der Waals surface area (Å²) in [6.07, 6.45) is 5.38. The zero-order valence-corrected chi connectivity index (χ0v) is 20.2. The first-order chi connectivity index (χ1) is 17.1. The quantitative estimate of drug-likeness (QED) is 0.455. The molecule has 0 saturated carbocycles. The number of carbonyl (C=O) groups excluding carboxylic acids is 1. The van der Waals surface area contributed by atoms with Gasteiger partial charge in [0.25, 0.3) is 5.91 Å².